The van der Waals surface area contributed by atoms with Crippen molar-refractivity contribution in [1.29, 1.82) is 0 Å². The fourth-order valence-corrected chi connectivity index (χ4v) is 4.14. The van der Waals surface area contributed by atoms with Crippen LogP contribution in [0.15, 0.2) is 66.7 Å². The van der Waals surface area contributed by atoms with Crippen molar-refractivity contribution >= 4 is 45.8 Å². The predicted octanol–water partition coefficient (Wildman–Crippen LogP) is 4.71. The molecular formula is C30H29N5O5. The zero-order valence-electron chi connectivity index (χ0n) is 22.2. The van der Waals surface area contributed by atoms with Crippen molar-refractivity contribution in [2.24, 2.45) is 0 Å². The lowest BCUT2D eigenvalue weighted by atomic mass is 10.1. The maximum absolute atomic E-state index is 13.1. The van der Waals surface area contributed by atoms with E-state index in [-0.39, 0.29) is 24.4 Å². The van der Waals surface area contributed by atoms with E-state index in [0.29, 0.717) is 65.0 Å². The third-order valence-corrected chi connectivity index (χ3v) is 6.38. The van der Waals surface area contributed by atoms with Gasteiger partial charge in [-0.2, -0.15) is 0 Å². The normalized spacial score (nSPS) is 11.9. The Hall–Kier alpha value is -5.12. The molecule has 1 aliphatic heterocycles. The first-order valence-electron chi connectivity index (χ1n) is 12.9. The summed E-state index contributed by atoms with van der Waals surface area (Å²) in [4.78, 5) is 41.9. The molecule has 4 N–H and O–H groups in total. The zero-order valence-corrected chi connectivity index (χ0v) is 22.2. The standard InChI is InChI=1S/C30H29N5O5/c1-3-28(36)32-17-31-27-11-7-19-14-20(5-9-23(19)34-27)30(38)35-24-16-22(8-4-18(24)2)33-29(37)21-6-10-25-26(15-21)40-13-12-39-25/h4-11,14-16H,3,12-13,17H2,1-2H3,(H,31,34)(H,32,36)(H,33,37)(H,35,38). The Morgan fingerprint density at radius 2 is 1.57 bits per heavy atom. The second kappa shape index (κ2) is 11.7. The second-order valence-corrected chi connectivity index (χ2v) is 9.21. The van der Waals surface area contributed by atoms with Crippen LogP contribution < -0.4 is 30.7 Å². The van der Waals surface area contributed by atoms with Crippen LogP contribution in [0.25, 0.3) is 10.9 Å². The number of pyridine rings is 1. The lowest BCUT2D eigenvalue weighted by Gasteiger charge is -2.18. The molecule has 0 bridgehead atoms. The Balaban J connectivity index is 1.25. The summed E-state index contributed by atoms with van der Waals surface area (Å²) < 4.78 is 11.1. The monoisotopic (exact) mass is 539 g/mol. The van der Waals surface area contributed by atoms with Gasteiger partial charge in [0.15, 0.2) is 11.5 Å². The number of carbonyl (C=O) groups excluding carboxylic acids is 3. The maximum Gasteiger partial charge on any atom is 0.255 e. The average Bonchev–Trinajstić information content (AvgIpc) is 2.98. The minimum Gasteiger partial charge on any atom is -0.486 e. The maximum atomic E-state index is 13.1. The minimum atomic E-state index is -0.304. The first-order valence-corrected chi connectivity index (χ1v) is 12.9. The molecule has 0 aliphatic carbocycles. The Kier molecular flexibility index (Phi) is 7.77. The van der Waals surface area contributed by atoms with Crippen molar-refractivity contribution in [3.05, 3.63) is 83.4 Å². The molecule has 10 heteroatoms. The largest absolute Gasteiger partial charge is 0.486 e. The van der Waals surface area contributed by atoms with Crippen LogP contribution in [0.1, 0.15) is 39.6 Å². The molecule has 4 aromatic rings. The summed E-state index contributed by atoms with van der Waals surface area (Å²) in [6.45, 7) is 4.86. The highest BCUT2D eigenvalue weighted by Crippen LogP contribution is 2.31. The number of ether oxygens (including phenoxy) is 2. The van der Waals surface area contributed by atoms with E-state index in [0.717, 1.165) is 10.9 Å². The average molecular weight is 540 g/mol. The molecule has 2 heterocycles. The highest BCUT2D eigenvalue weighted by Gasteiger charge is 2.16. The van der Waals surface area contributed by atoms with Crippen LogP contribution in [-0.2, 0) is 4.79 Å². The summed E-state index contributed by atoms with van der Waals surface area (Å²) in [5.74, 6) is 1.13. The number of amides is 3. The molecule has 40 heavy (non-hydrogen) atoms. The van der Waals surface area contributed by atoms with Crippen LogP contribution in [0.5, 0.6) is 11.5 Å². The predicted molar refractivity (Wildman–Crippen MR) is 153 cm³/mol. The van der Waals surface area contributed by atoms with E-state index in [1.54, 1.807) is 61.5 Å². The minimum absolute atomic E-state index is 0.0489. The number of hydrogen-bond donors (Lipinski definition) is 4. The van der Waals surface area contributed by atoms with Crippen molar-refractivity contribution in [1.82, 2.24) is 10.3 Å². The number of benzene rings is 3. The molecule has 3 amide bonds. The summed E-state index contributed by atoms with van der Waals surface area (Å²) in [6.07, 6.45) is 0.414. The van der Waals surface area contributed by atoms with Gasteiger partial charge < -0.3 is 30.7 Å². The summed E-state index contributed by atoms with van der Waals surface area (Å²) in [5.41, 5.74) is 3.58. The zero-order chi connectivity index (χ0) is 28.1. The van der Waals surface area contributed by atoms with Crippen LogP contribution in [0.3, 0.4) is 0 Å². The summed E-state index contributed by atoms with van der Waals surface area (Å²) in [5, 5.41) is 12.4. The number of rotatable bonds is 8. The van der Waals surface area contributed by atoms with E-state index in [9.17, 15) is 14.4 Å². The molecule has 5 rings (SSSR count). The van der Waals surface area contributed by atoms with Gasteiger partial charge in [0.2, 0.25) is 5.91 Å². The Morgan fingerprint density at radius 3 is 2.40 bits per heavy atom. The number of aryl methyl sites for hydroxylation is 1. The van der Waals surface area contributed by atoms with E-state index in [2.05, 4.69) is 26.3 Å². The number of carbonyl (C=O) groups is 3. The topological polar surface area (TPSA) is 131 Å². The second-order valence-electron chi connectivity index (χ2n) is 9.21. The summed E-state index contributed by atoms with van der Waals surface area (Å²) in [7, 11) is 0. The van der Waals surface area contributed by atoms with Gasteiger partial charge in [-0.05, 0) is 73.2 Å². The fraction of sp³-hybridized carbons (Fsp3) is 0.200. The van der Waals surface area contributed by atoms with Crippen molar-refractivity contribution in [2.75, 3.05) is 35.8 Å². The number of anilines is 3. The fourth-order valence-electron chi connectivity index (χ4n) is 4.14. The highest BCUT2D eigenvalue weighted by atomic mass is 16.6. The van der Waals surface area contributed by atoms with E-state index in [4.69, 9.17) is 9.47 Å². The van der Waals surface area contributed by atoms with E-state index < -0.39 is 0 Å². The van der Waals surface area contributed by atoms with E-state index in [1.165, 1.54) is 0 Å². The first kappa shape index (κ1) is 26.5. The number of fused-ring (bicyclic) bond motifs is 2. The number of nitrogens with zero attached hydrogens (tertiary/aromatic N) is 1. The number of hydrogen-bond acceptors (Lipinski definition) is 7. The van der Waals surface area contributed by atoms with Gasteiger partial charge in [0, 0.05) is 34.3 Å². The third-order valence-electron chi connectivity index (χ3n) is 6.38. The van der Waals surface area contributed by atoms with Crippen molar-refractivity contribution in [3.8, 4) is 11.5 Å². The number of nitrogens with one attached hydrogen (secondary N) is 4. The van der Waals surface area contributed by atoms with Gasteiger partial charge in [-0.1, -0.05) is 13.0 Å². The quantitative estimate of drug-likeness (QED) is 0.239. The smallest absolute Gasteiger partial charge is 0.255 e. The van der Waals surface area contributed by atoms with Gasteiger partial charge in [-0.15, -0.1) is 0 Å². The Bertz CT molecular complexity index is 1600. The van der Waals surface area contributed by atoms with E-state index in [1.807, 2.05) is 19.1 Å². The highest BCUT2D eigenvalue weighted by molar-refractivity contribution is 6.08. The van der Waals surface area contributed by atoms with Gasteiger partial charge in [0.25, 0.3) is 11.8 Å². The molecule has 204 valence electrons. The van der Waals surface area contributed by atoms with Gasteiger partial charge in [0.1, 0.15) is 19.0 Å². The third kappa shape index (κ3) is 6.12. The molecule has 1 aromatic heterocycles. The molecule has 0 radical (unpaired) electrons. The molecule has 0 saturated carbocycles. The van der Waals surface area contributed by atoms with Crippen LogP contribution in [0, 0.1) is 6.92 Å². The van der Waals surface area contributed by atoms with Gasteiger partial charge in [0.05, 0.1) is 12.2 Å². The van der Waals surface area contributed by atoms with Crippen LogP contribution in [0.4, 0.5) is 17.2 Å². The molecule has 0 saturated heterocycles. The van der Waals surface area contributed by atoms with Crippen molar-refractivity contribution < 1.29 is 23.9 Å². The molecule has 3 aromatic carbocycles. The van der Waals surface area contributed by atoms with Crippen LogP contribution in [0.2, 0.25) is 0 Å². The van der Waals surface area contributed by atoms with Crippen molar-refractivity contribution in [3.63, 3.8) is 0 Å². The van der Waals surface area contributed by atoms with Gasteiger partial charge in [-0.3, -0.25) is 14.4 Å². The SMILES string of the molecule is CCC(=O)NCNc1ccc2cc(C(=O)Nc3cc(NC(=O)c4ccc5c(c4)OCCO5)ccc3C)ccc2n1. The Labute approximate surface area is 231 Å². The summed E-state index contributed by atoms with van der Waals surface area (Å²) in [6, 6.07) is 19.3. The molecule has 10 nitrogen and oxygen atoms in total. The molecule has 1 aliphatic rings. The number of aromatic nitrogens is 1. The molecule has 0 fully saturated rings. The van der Waals surface area contributed by atoms with Gasteiger partial charge in [-0.25, -0.2) is 4.98 Å². The van der Waals surface area contributed by atoms with Gasteiger partial charge >= 0.3 is 0 Å². The molecule has 0 atom stereocenters. The molecule has 0 spiro atoms. The summed E-state index contributed by atoms with van der Waals surface area (Å²) >= 11 is 0. The lowest BCUT2D eigenvalue weighted by Crippen LogP contribution is -2.28. The van der Waals surface area contributed by atoms with Crippen LogP contribution >= 0.6 is 0 Å². The molecular weight excluding hydrogens is 510 g/mol. The van der Waals surface area contributed by atoms with Crippen molar-refractivity contribution in [2.45, 2.75) is 20.3 Å². The van der Waals surface area contributed by atoms with Crippen LogP contribution in [-0.4, -0.2) is 42.6 Å². The lowest BCUT2D eigenvalue weighted by molar-refractivity contribution is -0.120. The Morgan fingerprint density at radius 1 is 0.825 bits per heavy atom. The van der Waals surface area contributed by atoms with E-state index >= 15 is 0 Å². The molecule has 0 unspecified atom stereocenters. The first-order chi connectivity index (χ1) is 19.4.